The van der Waals surface area contributed by atoms with Gasteiger partial charge < -0.3 is 15.5 Å². The molecule has 3 aromatic rings. The van der Waals surface area contributed by atoms with Crippen LogP contribution in [0.3, 0.4) is 0 Å². The van der Waals surface area contributed by atoms with Gasteiger partial charge >= 0.3 is 0 Å². The third-order valence-electron chi connectivity index (χ3n) is 5.23. The second-order valence-electron chi connectivity index (χ2n) is 7.36. The number of nitrogens with zero attached hydrogens (tertiary/aromatic N) is 1. The number of anilines is 2. The van der Waals surface area contributed by atoms with Crippen molar-refractivity contribution in [2.24, 2.45) is 0 Å². The molecule has 0 unspecified atom stereocenters. The predicted molar refractivity (Wildman–Crippen MR) is 120 cm³/mol. The number of nitrogens with one attached hydrogen (secondary N) is 2. The summed E-state index contributed by atoms with van der Waals surface area (Å²) < 4.78 is 0. The molecule has 1 aliphatic heterocycles. The summed E-state index contributed by atoms with van der Waals surface area (Å²) in [4.78, 5) is 38.9. The SMILES string of the molecule is O=C(Nc1ccccc1C(=O)NCc1ccc(N2CCCC2=O)cc1)c1ccccc1. The molecule has 0 atom stereocenters. The van der Waals surface area contributed by atoms with Gasteiger partial charge in [0.2, 0.25) is 5.91 Å². The van der Waals surface area contributed by atoms with Gasteiger partial charge in [-0.15, -0.1) is 0 Å². The van der Waals surface area contributed by atoms with E-state index < -0.39 is 0 Å². The molecule has 3 aromatic carbocycles. The van der Waals surface area contributed by atoms with E-state index in [9.17, 15) is 14.4 Å². The summed E-state index contributed by atoms with van der Waals surface area (Å²) in [5.74, 6) is -0.397. The predicted octanol–water partition coefficient (Wildman–Crippen LogP) is 4.00. The lowest BCUT2D eigenvalue weighted by Gasteiger charge is -2.16. The monoisotopic (exact) mass is 413 g/mol. The van der Waals surface area contributed by atoms with Crippen molar-refractivity contribution < 1.29 is 14.4 Å². The molecule has 0 bridgehead atoms. The normalized spacial score (nSPS) is 13.2. The fraction of sp³-hybridized carbons (Fsp3) is 0.160. The molecule has 1 heterocycles. The van der Waals surface area contributed by atoms with Gasteiger partial charge in [0.1, 0.15) is 0 Å². The molecule has 156 valence electrons. The van der Waals surface area contributed by atoms with Crippen molar-refractivity contribution in [1.82, 2.24) is 5.32 Å². The van der Waals surface area contributed by atoms with Gasteiger partial charge in [-0.3, -0.25) is 14.4 Å². The van der Waals surface area contributed by atoms with Crippen LogP contribution in [0.15, 0.2) is 78.9 Å². The molecular weight excluding hydrogens is 390 g/mol. The summed E-state index contributed by atoms with van der Waals surface area (Å²) in [7, 11) is 0. The molecule has 1 fully saturated rings. The Balaban J connectivity index is 1.40. The zero-order chi connectivity index (χ0) is 21.6. The molecule has 0 aromatic heterocycles. The number of hydrogen-bond donors (Lipinski definition) is 2. The Morgan fingerprint density at radius 3 is 2.26 bits per heavy atom. The first-order chi connectivity index (χ1) is 15.1. The van der Waals surface area contributed by atoms with E-state index in [0.29, 0.717) is 29.8 Å². The molecule has 0 spiro atoms. The minimum atomic E-state index is -0.275. The van der Waals surface area contributed by atoms with E-state index in [2.05, 4.69) is 10.6 Å². The van der Waals surface area contributed by atoms with Gasteiger partial charge in [-0.25, -0.2) is 0 Å². The third kappa shape index (κ3) is 4.80. The molecule has 3 amide bonds. The number of rotatable bonds is 6. The Hall–Kier alpha value is -3.93. The molecule has 0 saturated carbocycles. The highest BCUT2D eigenvalue weighted by Crippen LogP contribution is 2.22. The van der Waals surface area contributed by atoms with E-state index in [1.807, 2.05) is 30.3 Å². The maximum absolute atomic E-state index is 12.8. The van der Waals surface area contributed by atoms with Crippen molar-refractivity contribution in [1.29, 1.82) is 0 Å². The van der Waals surface area contributed by atoms with E-state index in [-0.39, 0.29) is 17.7 Å². The van der Waals surface area contributed by atoms with Crippen molar-refractivity contribution >= 4 is 29.1 Å². The van der Waals surface area contributed by atoms with Crippen LogP contribution in [0.1, 0.15) is 39.1 Å². The van der Waals surface area contributed by atoms with Gasteiger partial charge in [0.15, 0.2) is 0 Å². The summed E-state index contributed by atoms with van der Waals surface area (Å²) in [6.07, 6.45) is 1.48. The summed E-state index contributed by atoms with van der Waals surface area (Å²) in [6.45, 7) is 1.09. The van der Waals surface area contributed by atoms with E-state index >= 15 is 0 Å². The van der Waals surface area contributed by atoms with Crippen LogP contribution in [0.25, 0.3) is 0 Å². The highest BCUT2D eigenvalue weighted by atomic mass is 16.2. The molecule has 1 saturated heterocycles. The quantitative estimate of drug-likeness (QED) is 0.641. The van der Waals surface area contributed by atoms with Crippen LogP contribution in [0.4, 0.5) is 11.4 Å². The van der Waals surface area contributed by atoms with Gasteiger partial charge in [0, 0.05) is 30.8 Å². The first-order valence-corrected chi connectivity index (χ1v) is 10.2. The highest BCUT2D eigenvalue weighted by molar-refractivity contribution is 6.09. The van der Waals surface area contributed by atoms with Gasteiger partial charge in [-0.05, 0) is 48.4 Å². The first kappa shape index (κ1) is 20.3. The van der Waals surface area contributed by atoms with Crippen molar-refractivity contribution in [2.45, 2.75) is 19.4 Å². The number of carbonyl (C=O) groups is 3. The zero-order valence-electron chi connectivity index (χ0n) is 17.0. The fourth-order valence-corrected chi connectivity index (χ4v) is 3.57. The summed E-state index contributed by atoms with van der Waals surface area (Å²) in [6, 6.07) is 23.4. The van der Waals surface area contributed by atoms with E-state index in [0.717, 1.165) is 24.2 Å². The van der Waals surface area contributed by atoms with Gasteiger partial charge in [0.05, 0.1) is 11.3 Å². The molecule has 31 heavy (non-hydrogen) atoms. The molecule has 2 N–H and O–H groups in total. The lowest BCUT2D eigenvalue weighted by Crippen LogP contribution is -2.25. The van der Waals surface area contributed by atoms with Gasteiger partial charge in [-0.2, -0.15) is 0 Å². The minimum Gasteiger partial charge on any atom is -0.348 e. The van der Waals surface area contributed by atoms with Crippen molar-refractivity contribution in [3.05, 3.63) is 95.6 Å². The maximum Gasteiger partial charge on any atom is 0.255 e. The number of carbonyl (C=O) groups excluding carboxylic acids is 3. The topological polar surface area (TPSA) is 78.5 Å². The Morgan fingerprint density at radius 1 is 0.839 bits per heavy atom. The van der Waals surface area contributed by atoms with Crippen LogP contribution in [-0.4, -0.2) is 24.3 Å². The van der Waals surface area contributed by atoms with Crippen molar-refractivity contribution in [3.63, 3.8) is 0 Å². The second kappa shape index (κ2) is 9.26. The maximum atomic E-state index is 12.8. The molecule has 0 radical (unpaired) electrons. The van der Waals surface area contributed by atoms with Crippen LogP contribution < -0.4 is 15.5 Å². The van der Waals surface area contributed by atoms with Crippen LogP contribution in [0, 0.1) is 0 Å². The van der Waals surface area contributed by atoms with Crippen LogP contribution in [0.2, 0.25) is 0 Å². The Kier molecular flexibility index (Phi) is 6.08. The summed E-state index contributed by atoms with van der Waals surface area (Å²) in [5.41, 5.74) is 3.18. The highest BCUT2D eigenvalue weighted by Gasteiger charge is 2.21. The molecule has 1 aliphatic rings. The summed E-state index contributed by atoms with van der Waals surface area (Å²) in [5, 5.41) is 5.71. The van der Waals surface area contributed by atoms with E-state index in [1.54, 1.807) is 53.4 Å². The Labute approximate surface area is 180 Å². The average Bonchev–Trinajstić information content (AvgIpc) is 3.24. The molecule has 4 rings (SSSR count). The molecule has 0 aliphatic carbocycles. The average molecular weight is 413 g/mol. The largest absolute Gasteiger partial charge is 0.348 e. The smallest absolute Gasteiger partial charge is 0.255 e. The second-order valence-corrected chi connectivity index (χ2v) is 7.36. The molecule has 6 heteroatoms. The van der Waals surface area contributed by atoms with Crippen molar-refractivity contribution in [3.8, 4) is 0 Å². The van der Waals surface area contributed by atoms with Gasteiger partial charge in [0.25, 0.3) is 11.8 Å². The van der Waals surface area contributed by atoms with Crippen LogP contribution >= 0.6 is 0 Å². The Bertz CT molecular complexity index is 1090. The van der Waals surface area contributed by atoms with Crippen LogP contribution in [-0.2, 0) is 11.3 Å². The van der Waals surface area contributed by atoms with E-state index in [4.69, 9.17) is 0 Å². The van der Waals surface area contributed by atoms with E-state index in [1.165, 1.54) is 0 Å². The number of hydrogen-bond acceptors (Lipinski definition) is 3. The third-order valence-corrected chi connectivity index (χ3v) is 5.23. The van der Waals surface area contributed by atoms with Crippen LogP contribution in [0.5, 0.6) is 0 Å². The lowest BCUT2D eigenvalue weighted by atomic mass is 10.1. The Morgan fingerprint density at radius 2 is 1.55 bits per heavy atom. The lowest BCUT2D eigenvalue weighted by molar-refractivity contribution is -0.117. The number of para-hydroxylation sites is 1. The van der Waals surface area contributed by atoms with Crippen molar-refractivity contribution in [2.75, 3.05) is 16.8 Å². The zero-order valence-corrected chi connectivity index (χ0v) is 17.0. The standard InChI is InChI=1S/C25H23N3O3/c29-23-11-6-16-28(23)20-14-12-18(13-15-20)17-26-25(31)21-9-4-5-10-22(21)27-24(30)19-7-2-1-3-8-19/h1-5,7-10,12-15H,6,11,16-17H2,(H,26,31)(H,27,30). The number of benzene rings is 3. The minimum absolute atomic E-state index is 0.148. The summed E-state index contributed by atoms with van der Waals surface area (Å²) >= 11 is 0. The first-order valence-electron chi connectivity index (χ1n) is 10.2. The fourth-order valence-electron chi connectivity index (χ4n) is 3.57. The molecule has 6 nitrogen and oxygen atoms in total. The van der Waals surface area contributed by atoms with Gasteiger partial charge in [-0.1, -0.05) is 42.5 Å². The number of amides is 3. The molecular formula is C25H23N3O3.